The Kier molecular flexibility index (Phi) is 3.93. The van der Waals surface area contributed by atoms with Crippen LogP contribution in [-0.4, -0.2) is 14.8 Å². The molecule has 0 radical (unpaired) electrons. The lowest BCUT2D eigenvalue weighted by Crippen LogP contribution is -2.08. The van der Waals surface area contributed by atoms with Crippen LogP contribution in [0.1, 0.15) is 25.7 Å². The molecule has 2 aromatic rings. The van der Waals surface area contributed by atoms with Crippen LogP contribution in [0, 0.1) is 17.5 Å². The highest BCUT2D eigenvalue weighted by Gasteiger charge is 2.22. The van der Waals surface area contributed by atoms with Crippen LogP contribution in [0.15, 0.2) is 12.1 Å². The number of aromatic nitrogens is 3. The number of nitrogens with zero attached hydrogens (tertiary/aromatic N) is 3. The summed E-state index contributed by atoms with van der Waals surface area (Å²) in [5.74, 6) is -2.34. The van der Waals surface area contributed by atoms with E-state index in [0.29, 0.717) is 23.3 Å². The molecular weight excluding hydrogens is 323 g/mol. The van der Waals surface area contributed by atoms with Crippen molar-refractivity contribution >= 4 is 15.9 Å². The Hall–Kier alpha value is -1.37. The number of rotatable bonds is 3. The van der Waals surface area contributed by atoms with Crippen LogP contribution in [0.3, 0.4) is 0 Å². The molecule has 1 aromatic heterocycles. The van der Waals surface area contributed by atoms with E-state index >= 15 is 0 Å². The molecular formula is C12H11BrF3N3. The van der Waals surface area contributed by atoms with Gasteiger partial charge in [-0.3, -0.25) is 0 Å². The molecule has 0 fully saturated rings. The molecule has 1 aromatic carbocycles. The average molecular weight is 334 g/mol. The summed E-state index contributed by atoms with van der Waals surface area (Å²) >= 11 is 3.24. The maximum Gasteiger partial charge on any atom is 0.170 e. The van der Waals surface area contributed by atoms with E-state index in [1.807, 2.05) is 13.8 Å². The largest absolute Gasteiger partial charge is 0.308 e. The van der Waals surface area contributed by atoms with E-state index in [2.05, 4.69) is 26.1 Å². The number of benzene rings is 1. The van der Waals surface area contributed by atoms with E-state index in [9.17, 15) is 13.2 Å². The summed E-state index contributed by atoms with van der Waals surface area (Å²) in [5.41, 5.74) is -0.366. The smallest absolute Gasteiger partial charge is 0.170 e. The molecule has 102 valence electrons. The van der Waals surface area contributed by atoms with Gasteiger partial charge in [0, 0.05) is 18.2 Å². The predicted molar refractivity (Wildman–Crippen MR) is 68.3 cm³/mol. The molecule has 2 rings (SSSR count). The minimum atomic E-state index is -0.993. The molecule has 0 saturated heterocycles. The van der Waals surface area contributed by atoms with Crippen molar-refractivity contribution in [3.63, 3.8) is 0 Å². The average Bonchev–Trinajstić information content (AvgIpc) is 2.71. The second kappa shape index (κ2) is 5.32. The third-order valence-electron chi connectivity index (χ3n) is 2.63. The maximum absolute atomic E-state index is 13.8. The second-order valence-electron chi connectivity index (χ2n) is 4.28. The fourth-order valence-electron chi connectivity index (χ4n) is 1.88. The lowest BCUT2D eigenvalue weighted by atomic mass is 10.1. The zero-order valence-corrected chi connectivity index (χ0v) is 11.9. The zero-order valence-electron chi connectivity index (χ0n) is 10.3. The summed E-state index contributed by atoms with van der Waals surface area (Å²) in [4.78, 5) is 0. The van der Waals surface area contributed by atoms with Crippen molar-refractivity contribution < 1.29 is 13.2 Å². The third kappa shape index (κ3) is 2.51. The molecule has 0 aliphatic rings. The molecule has 0 saturated carbocycles. The van der Waals surface area contributed by atoms with Gasteiger partial charge < -0.3 is 4.57 Å². The predicted octanol–water partition coefficient (Wildman–Crippen LogP) is 3.84. The molecule has 0 aliphatic heterocycles. The van der Waals surface area contributed by atoms with E-state index in [1.165, 1.54) is 0 Å². The van der Waals surface area contributed by atoms with Crippen molar-refractivity contribution in [1.29, 1.82) is 0 Å². The van der Waals surface area contributed by atoms with Crippen molar-refractivity contribution in [3.8, 4) is 11.4 Å². The third-order valence-corrected chi connectivity index (χ3v) is 3.13. The molecule has 0 aliphatic carbocycles. The first-order valence-electron chi connectivity index (χ1n) is 5.60. The summed E-state index contributed by atoms with van der Waals surface area (Å²) in [6.07, 6.45) is 0. The normalized spacial score (nSPS) is 11.3. The molecule has 0 spiro atoms. The molecule has 19 heavy (non-hydrogen) atoms. The van der Waals surface area contributed by atoms with Crippen LogP contribution >= 0.6 is 15.9 Å². The Morgan fingerprint density at radius 1 is 1.16 bits per heavy atom. The van der Waals surface area contributed by atoms with Gasteiger partial charge in [-0.1, -0.05) is 15.9 Å². The van der Waals surface area contributed by atoms with Gasteiger partial charge >= 0.3 is 0 Å². The first kappa shape index (κ1) is 14.0. The van der Waals surface area contributed by atoms with Crippen molar-refractivity contribution in [2.75, 3.05) is 0 Å². The van der Waals surface area contributed by atoms with Crippen molar-refractivity contribution in [2.24, 2.45) is 0 Å². The van der Waals surface area contributed by atoms with Gasteiger partial charge in [-0.2, -0.15) is 0 Å². The molecule has 3 nitrogen and oxygen atoms in total. The van der Waals surface area contributed by atoms with Crippen LogP contribution in [0.2, 0.25) is 0 Å². The lowest BCUT2D eigenvalue weighted by Gasteiger charge is -2.13. The van der Waals surface area contributed by atoms with Gasteiger partial charge in [0.05, 0.1) is 10.9 Å². The SMILES string of the molecule is CC(C)n1c(CBr)nnc1-c1c(F)cc(F)cc1F. The van der Waals surface area contributed by atoms with E-state index in [4.69, 9.17) is 0 Å². The summed E-state index contributed by atoms with van der Waals surface area (Å²) in [7, 11) is 0. The molecule has 0 unspecified atom stereocenters. The van der Waals surface area contributed by atoms with E-state index in [-0.39, 0.29) is 17.4 Å². The molecule has 0 N–H and O–H groups in total. The van der Waals surface area contributed by atoms with Gasteiger partial charge in [-0.05, 0) is 13.8 Å². The van der Waals surface area contributed by atoms with Gasteiger partial charge in [0.2, 0.25) is 0 Å². The molecule has 0 amide bonds. The Morgan fingerprint density at radius 3 is 2.21 bits per heavy atom. The quantitative estimate of drug-likeness (QED) is 0.799. The van der Waals surface area contributed by atoms with Crippen molar-refractivity contribution in [3.05, 3.63) is 35.4 Å². The van der Waals surface area contributed by atoms with Gasteiger partial charge in [0.1, 0.15) is 23.3 Å². The van der Waals surface area contributed by atoms with Crippen LogP contribution < -0.4 is 0 Å². The van der Waals surface area contributed by atoms with Crippen molar-refractivity contribution in [1.82, 2.24) is 14.8 Å². The number of hydrogen-bond acceptors (Lipinski definition) is 2. The second-order valence-corrected chi connectivity index (χ2v) is 4.84. The summed E-state index contributed by atoms with van der Waals surface area (Å²) < 4.78 is 42.1. The van der Waals surface area contributed by atoms with E-state index in [1.54, 1.807) is 4.57 Å². The van der Waals surface area contributed by atoms with Gasteiger partial charge in [0.25, 0.3) is 0 Å². The van der Waals surface area contributed by atoms with E-state index < -0.39 is 17.5 Å². The molecule has 0 bridgehead atoms. The van der Waals surface area contributed by atoms with Crippen molar-refractivity contribution in [2.45, 2.75) is 25.2 Å². The van der Waals surface area contributed by atoms with Gasteiger partial charge in [-0.15, -0.1) is 10.2 Å². The standard InChI is InChI=1S/C12H11BrF3N3/c1-6(2)19-10(5-13)17-18-12(19)11-8(15)3-7(14)4-9(11)16/h3-4,6H,5H2,1-2H3. The first-order chi connectivity index (χ1) is 8.95. The van der Waals surface area contributed by atoms with Crippen LogP contribution in [0.25, 0.3) is 11.4 Å². The van der Waals surface area contributed by atoms with Crippen LogP contribution in [0.5, 0.6) is 0 Å². The van der Waals surface area contributed by atoms with Gasteiger partial charge in [-0.25, -0.2) is 13.2 Å². The lowest BCUT2D eigenvalue weighted by molar-refractivity contribution is 0.538. The minimum Gasteiger partial charge on any atom is -0.308 e. The Balaban J connectivity index is 2.69. The fraction of sp³-hybridized carbons (Fsp3) is 0.333. The maximum atomic E-state index is 13.8. The fourth-order valence-corrected chi connectivity index (χ4v) is 2.27. The van der Waals surface area contributed by atoms with Crippen LogP contribution in [-0.2, 0) is 5.33 Å². The minimum absolute atomic E-state index is 0.0550. The monoisotopic (exact) mass is 333 g/mol. The summed E-state index contributed by atoms with van der Waals surface area (Å²) in [6.45, 7) is 3.69. The highest BCUT2D eigenvalue weighted by atomic mass is 79.9. The summed E-state index contributed by atoms with van der Waals surface area (Å²) in [5, 5.41) is 8.09. The topological polar surface area (TPSA) is 30.7 Å². The number of alkyl halides is 1. The molecule has 7 heteroatoms. The Labute approximate surface area is 116 Å². The number of halogens is 4. The van der Waals surface area contributed by atoms with Crippen LogP contribution in [0.4, 0.5) is 13.2 Å². The van der Waals surface area contributed by atoms with E-state index in [0.717, 1.165) is 0 Å². The highest BCUT2D eigenvalue weighted by Crippen LogP contribution is 2.28. The summed E-state index contributed by atoms with van der Waals surface area (Å²) in [6, 6.07) is 1.18. The molecule has 0 atom stereocenters. The van der Waals surface area contributed by atoms with Gasteiger partial charge in [0.15, 0.2) is 5.82 Å². The Morgan fingerprint density at radius 2 is 1.74 bits per heavy atom. The molecule has 1 heterocycles. The Bertz CT molecular complexity index is 587. The number of hydrogen-bond donors (Lipinski definition) is 0. The zero-order chi connectivity index (χ0) is 14.2. The first-order valence-corrected chi connectivity index (χ1v) is 6.72. The highest BCUT2D eigenvalue weighted by molar-refractivity contribution is 9.08.